The highest BCUT2D eigenvalue weighted by molar-refractivity contribution is 6.01. The van der Waals surface area contributed by atoms with Crippen LogP contribution in [0.2, 0.25) is 0 Å². The largest absolute Gasteiger partial charge is 0.343 e. The average Bonchev–Trinajstić information content (AvgIpc) is 2.45. The molecular formula is C15H14N2O2. The zero-order valence-electron chi connectivity index (χ0n) is 10.6. The first-order valence-corrected chi connectivity index (χ1v) is 5.97. The number of hydrogen-bond acceptors (Lipinski definition) is 3. The van der Waals surface area contributed by atoms with Crippen molar-refractivity contribution in [3.8, 4) is 0 Å². The molecule has 0 radical (unpaired) electrons. The van der Waals surface area contributed by atoms with Gasteiger partial charge in [0, 0.05) is 11.3 Å². The van der Waals surface area contributed by atoms with Crippen LogP contribution in [0.4, 0.5) is 0 Å². The van der Waals surface area contributed by atoms with Crippen molar-refractivity contribution in [3.05, 3.63) is 65.5 Å². The maximum absolute atomic E-state index is 11.8. The minimum atomic E-state index is -0.340. The summed E-state index contributed by atoms with van der Waals surface area (Å²) in [4.78, 5) is 27.7. The molecule has 2 rings (SSSR count). The van der Waals surface area contributed by atoms with E-state index in [0.29, 0.717) is 11.3 Å². The third kappa shape index (κ3) is 3.48. The molecule has 0 unspecified atom stereocenters. The predicted octanol–water partition coefficient (Wildman–Crippen LogP) is 2.00. The number of amides is 1. The van der Waals surface area contributed by atoms with Crippen LogP contribution in [-0.2, 0) is 0 Å². The fraction of sp³-hybridized carbons (Fsp3) is 0.133. The number of benzene rings is 1. The Balaban J connectivity index is 1.96. The highest BCUT2D eigenvalue weighted by Crippen LogP contribution is 2.00. The van der Waals surface area contributed by atoms with Crippen LogP contribution < -0.4 is 5.32 Å². The van der Waals surface area contributed by atoms with Crippen LogP contribution >= 0.6 is 0 Å². The molecule has 1 N–H and O–H groups in total. The number of nitrogens with zero attached hydrogens (tertiary/aromatic N) is 1. The number of carbonyl (C=O) groups is 2. The van der Waals surface area contributed by atoms with Crippen molar-refractivity contribution in [3.63, 3.8) is 0 Å². The molecule has 0 aliphatic carbocycles. The van der Waals surface area contributed by atoms with Crippen LogP contribution in [0.1, 0.15) is 26.5 Å². The molecule has 1 heterocycles. The van der Waals surface area contributed by atoms with Gasteiger partial charge in [0.2, 0.25) is 0 Å². The van der Waals surface area contributed by atoms with E-state index in [1.54, 1.807) is 36.4 Å². The van der Waals surface area contributed by atoms with Crippen LogP contribution in [0.25, 0.3) is 0 Å². The smallest absolute Gasteiger partial charge is 0.270 e. The summed E-state index contributed by atoms with van der Waals surface area (Å²) >= 11 is 0. The normalized spacial score (nSPS) is 9.95. The SMILES string of the molecule is Cc1cccc(C(=O)NCC(=O)c2ccccc2)n1. The summed E-state index contributed by atoms with van der Waals surface area (Å²) in [5.41, 5.74) is 1.67. The molecule has 4 nitrogen and oxygen atoms in total. The van der Waals surface area contributed by atoms with Gasteiger partial charge in [-0.2, -0.15) is 0 Å². The molecule has 0 aliphatic heterocycles. The summed E-state index contributed by atoms with van der Waals surface area (Å²) in [5.74, 6) is -0.463. The van der Waals surface area contributed by atoms with Crippen molar-refractivity contribution in [1.82, 2.24) is 10.3 Å². The molecule has 2 aromatic rings. The Labute approximate surface area is 111 Å². The average molecular weight is 254 g/mol. The number of ketones is 1. The Hall–Kier alpha value is -2.49. The summed E-state index contributed by atoms with van der Waals surface area (Å²) in [6, 6.07) is 14.1. The van der Waals surface area contributed by atoms with Crippen molar-refractivity contribution < 1.29 is 9.59 Å². The van der Waals surface area contributed by atoms with E-state index in [0.717, 1.165) is 5.69 Å². The van der Waals surface area contributed by atoms with E-state index < -0.39 is 0 Å². The number of Topliss-reactive ketones (excluding diaryl/α,β-unsaturated/α-hetero) is 1. The van der Waals surface area contributed by atoms with Gasteiger partial charge in [-0.15, -0.1) is 0 Å². The topological polar surface area (TPSA) is 59.1 Å². The van der Waals surface area contributed by atoms with Crippen molar-refractivity contribution in [2.75, 3.05) is 6.54 Å². The van der Waals surface area contributed by atoms with Crippen LogP contribution in [0.3, 0.4) is 0 Å². The van der Waals surface area contributed by atoms with Gasteiger partial charge in [-0.3, -0.25) is 9.59 Å². The molecule has 19 heavy (non-hydrogen) atoms. The second kappa shape index (κ2) is 5.91. The van der Waals surface area contributed by atoms with Gasteiger partial charge in [0.05, 0.1) is 6.54 Å². The lowest BCUT2D eigenvalue weighted by atomic mass is 10.1. The fourth-order valence-corrected chi connectivity index (χ4v) is 1.65. The minimum Gasteiger partial charge on any atom is -0.343 e. The molecule has 0 atom stereocenters. The zero-order chi connectivity index (χ0) is 13.7. The van der Waals surface area contributed by atoms with Gasteiger partial charge in [-0.1, -0.05) is 36.4 Å². The van der Waals surface area contributed by atoms with Gasteiger partial charge in [0.25, 0.3) is 5.91 Å². The Morgan fingerprint density at radius 3 is 2.47 bits per heavy atom. The predicted molar refractivity (Wildman–Crippen MR) is 72.1 cm³/mol. The Morgan fingerprint density at radius 1 is 1.05 bits per heavy atom. The summed E-state index contributed by atoms with van der Waals surface area (Å²) in [7, 11) is 0. The van der Waals surface area contributed by atoms with Gasteiger partial charge >= 0.3 is 0 Å². The zero-order valence-corrected chi connectivity index (χ0v) is 10.6. The molecule has 1 aromatic carbocycles. The Morgan fingerprint density at radius 2 is 1.79 bits per heavy atom. The summed E-state index contributed by atoms with van der Waals surface area (Å²) in [6.45, 7) is 1.78. The molecule has 1 amide bonds. The van der Waals surface area contributed by atoms with E-state index in [1.807, 2.05) is 19.1 Å². The third-order valence-electron chi connectivity index (χ3n) is 2.63. The molecule has 0 spiro atoms. The molecule has 4 heteroatoms. The van der Waals surface area contributed by atoms with E-state index in [-0.39, 0.29) is 18.2 Å². The third-order valence-corrected chi connectivity index (χ3v) is 2.63. The van der Waals surface area contributed by atoms with Crippen molar-refractivity contribution in [2.24, 2.45) is 0 Å². The van der Waals surface area contributed by atoms with E-state index in [4.69, 9.17) is 0 Å². The van der Waals surface area contributed by atoms with Gasteiger partial charge < -0.3 is 5.32 Å². The Bertz CT molecular complexity index is 594. The highest BCUT2D eigenvalue weighted by Gasteiger charge is 2.10. The van der Waals surface area contributed by atoms with Crippen molar-refractivity contribution >= 4 is 11.7 Å². The van der Waals surface area contributed by atoms with E-state index in [2.05, 4.69) is 10.3 Å². The van der Waals surface area contributed by atoms with Gasteiger partial charge in [-0.25, -0.2) is 4.98 Å². The van der Waals surface area contributed by atoms with Crippen LogP contribution in [-0.4, -0.2) is 23.2 Å². The first-order valence-electron chi connectivity index (χ1n) is 5.97. The summed E-state index contributed by atoms with van der Waals surface area (Å²) < 4.78 is 0. The molecule has 0 aliphatic rings. The molecule has 0 saturated carbocycles. The second-order valence-electron chi connectivity index (χ2n) is 4.14. The molecule has 0 fully saturated rings. The first-order chi connectivity index (χ1) is 9.16. The molecule has 1 aromatic heterocycles. The number of hydrogen-bond donors (Lipinski definition) is 1. The molecule has 0 saturated heterocycles. The molecule has 96 valence electrons. The van der Waals surface area contributed by atoms with E-state index in [9.17, 15) is 9.59 Å². The highest BCUT2D eigenvalue weighted by atomic mass is 16.2. The number of aryl methyl sites for hydroxylation is 1. The lowest BCUT2D eigenvalue weighted by Crippen LogP contribution is -2.30. The van der Waals surface area contributed by atoms with Gasteiger partial charge in [-0.05, 0) is 19.1 Å². The second-order valence-corrected chi connectivity index (χ2v) is 4.14. The minimum absolute atomic E-state index is 0.0293. The number of aromatic nitrogens is 1. The number of nitrogens with one attached hydrogen (secondary N) is 1. The van der Waals surface area contributed by atoms with Crippen LogP contribution in [0.15, 0.2) is 48.5 Å². The monoisotopic (exact) mass is 254 g/mol. The van der Waals surface area contributed by atoms with Crippen LogP contribution in [0.5, 0.6) is 0 Å². The lowest BCUT2D eigenvalue weighted by molar-refractivity contribution is 0.0900. The lowest BCUT2D eigenvalue weighted by Gasteiger charge is -2.04. The van der Waals surface area contributed by atoms with Gasteiger partial charge in [0.15, 0.2) is 5.78 Å². The standard InChI is InChI=1S/C15H14N2O2/c1-11-6-5-9-13(17-11)15(19)16-10-14(18)12-7-3-2-4-8-12/h2-9H,10H2,1H3,(H,16,19). The molecule has 0 bridgehead atoms. The van der Waals surface area contributed by atoms with Gasteiger partial charge in [0.1, 0.15) is 5.69 Å². The Kier molecular flexibility index (Phi) is 4.03. The van der Waals surface area contributed by atoms with Crippen molar-refractivity contribution in [1.29, 1.82) is 0 Å². The quantitative estimate of drug-likeness (QED) is 0.849. The maximum atomic E-state index is 11.8. The fourth-order valence-electron chi connectivity index (χ4n) is 1.65. The number of carbonyl (C=O) groups excluding carboxylic acids is 2. The van der Waals surface area contributed by atoms with Crippen LogP contribution in [0, 0.1) is 6.92 Å². The summed E-state index contributed by atoms with van der Waals surface area (Å²) in [6.07, 6.45) is 0. The number of rotatable bonds is 4. The maximum Gasteiger partial charge on any atom is 0.270 e. The summed E-state index contributed by atoms with van der Waals surface area (Å²) in [5, 5.41) is 2.57. The first kappa shape index (κ1) is 13.0. The van der Waals surface area contributed by atoms with E-state index >= 15 is 0 Å². The number of pyridine rings is 1. The van der Waals surface area contributed by atoms with E-state index in [1.165, 1.54) is 0 Å². The molecular weight excluding hydrogens is 240 g/mol. The van der Waals surface area contributed by atoms with Crippen molar-refractivity contribution in [2.45, 2.75) is 6.92 Å².